The molecule has 1 N–H and O–H groups in total. The van der Waals surface area contributed by atoms with Gasteiger partial charge in [-0.2, -0.15) is 4.31 Å². The molecule has 0 atom stereocenters. The van der Waals surface area contributed by atoms with Gasteiger partial charge in [-0.15, -0.1) is 0 Å². The van der Waals surface area contributed by atoms with E-state index in [0.29, 0.717) is 29.5 Å². The molecule has 1 saturated heterocycles. The first kappa shape index (κ1) is 18.8. The van der Waals surface area contributed by atoms with E-state index >= 15 is 0 Å². The van der Waals surface area contributed by atoms with Crippen LogP contribution in [0.4, 0.5) is 5.69 Å². The molecule has 1 aromatic heterocycles. The maximum Gasteiger partial charge on any atom is 0.257 e. The fourth-order valence-corrected chi connectivity index (χ4v) is 4.48. The minimum atomic E-state index is -3.49. The number of anilines is 1. The SMILES string of the molecule is O=C(Nc1ccc(S(=O)(=O)N2CCCCCC2)cc1)c1ccc(Cl)nc1. The first-order chi connectivity index (χ1) is 12.5. The minimum Gasteiger partial charge on any atom is -0.322 e. The largest absolute Gasteiger partial charge is 0.322 e. The fraction of sp³-hybridized carbons (Fsp3) is 0.333. The predicted molar refractivity (Wildman–Crippen MR) is 101 cm³/mol. The van der Waals surface area contributed by atoms with Crippen LogP contribution in [0.25, 0.3) is 0 Å². The molecule has 3 rings (SSSR count). The molecule has 26 heavy (non-hydrogen) atoms. The quantitative estimate of drug-likeness (QED) is 0.805. The number of carbonyl (C=O) groups excluding carboxylic acids is 1. The maximum absolute atomic E-state index is 12.7. The highest BCUT2D eigenvalue weighted by molar-refractivity contribution is 7.89. The predicted octanol–water partition coefficient (Wildman–Crippen LogP) is 3.55. The molecule has 0 radical (unpaired) electrons. The number of benzene rings is 1. The monoisotopic (exact) mass is 393 g/mol. The van der Waals surface area contributed by atoms with Gasteiger partial charge in [-0.25, -0.2) is 13.4 Å². The summed E-state index contributed by atoms with van der Waals surface area (Å²) in [6.45, 7) is 1.12. The van der Waals surface area contributed by atoms with Crippen LogP contribution in [0.3, 0.4) is 0 Å². The van der Waals surface area contributed by atoms with Crippen molar-refractivity contribution in [3.05, 3.63) is 53.3 Å². The Morgan fingerprint density at radius 2 is 1.65 bits per heavy atom. The van der Waals surface area contributed by atoms with Crippen LogP contribution in [0.15, 0.2) is 47.5 Å². The number of nitrogens with one attached hydrogen (secondary N) is 1. The Kier molecular flexibility index (Phi) is 5.90. The van der Waals surface area contributed by atoms with Crippen molar-refractivity contribution >= 4 is 33.2 Å². The first-order valence-electron chi connectivity index (χ1n) is 8.50. The summed E-state index contributed by atoms with van der Waals surface area (Å²) in [7, 11) is -3.49. The van der Waals surface area contributed by atoms with Crippen molar-refractivity contribution < 1.29 is 13.2 Å². The molecular formula is C18H20ClN3O3S. The third-order valence-corrected chi connectivity index (χ3v) is 6.44. The average molecular weight is 394 g/mol. The topological polar surface area (TPSA) is 79.4 Å². The van der Waals surface area contributed by atoms with Gasteiger partial charge in [0.25, 0.3) is 5.91 Å². The summed E-state index contributed by atoms with van der Waals surface area (Å²) in [5, 5.41) is 3.03. The third-order valence-electron chi connectivity index (χ3n) is 4.30. The van der Waals surface area contributed by atoms with Gasteiger partial charge in [0, 0.05) is 25.0 Å². The van der Waals surface area contributed by atoms with E-state index in [9.17, 15) is 13.2 Å². The van der Waals surface area contributed by atoms with Gasteiger partial charge in [-0.05, 0) is 49.2 Å². The summed E-state index contributed by atoms with van der Waals surface area (Å²) in [4.78, 5) is 16.3. The number of hydrogen-bond donors (Lipinski definition) is 1. The lowest BCUT2D eigenvalue weighted by Gasteiger charge is -2.20. The van der Waals surface area contributed by atoms with Crippen LogP contribution in [0.1, 0.15) is 36.0 Å². The Morgan fingerprint density at radius 1 is 1.00 bits per heavy atom. The Morgan fingerprint density at radius 3 is 2.23 bits per heavy atom. The molecule has 2 heterocycles. The van der Waals surface area contributed by atoms with Crippen LogP contribution in [0, 0.1) is 0 Å². The molecule has 1 fully saturated rings. The highest BCUT2D eigenvalue weighted by atomic mass is 35.5. The molecule has 0 unspecified atom stereocenters. The van der Waals surface area contributed by atoms with E-state index in [2.05, 4.69) is 10.3 Å². The minimum absolute atomic E-state index is 0.241. The number of aromatic nitrogens is 1. The second-order valence-corrected chi connectivity index (χ2v) is 8.49. The molecule has 138 valence electrons. The molecule has 1 aliphatic rings. The van der Waals surface area contributed by atoms with E-state index in [1.54, 1.807) is 22.5 Å². The summed E-state index contributed by atoms with van der Waals surface area (Å²) < 4.78 is 27.0. The smallest absolute Gasteiger partial charge is 0.257 e. The lowest BCUT2D eigenvalue weighted by atomic mass is 10.2. The van der Waals surface area contributed by atoms with Crippen molar-refractivity contribution in [1.82, 2.24) is 9.29 Å². The molecule has 1 aliphatic heterocycles. The van der Waals surface area contributed by atoms with Crippen LogP contribution in [-0.2, 0) is 10.0 Å². The Balaban J connectivity index is 1.71. The van der Waals surface area contributed by atoms with Crippen molar-refractivity contribution in [3.63, 3.8) is 0 Å². The normalized spacial score (nSPS) is 16.0. The zero-order valence-electron chi connectivity index (χ0n) is 14.2. The van der Waals surface area contributed by atoms with Gasteiger partial charge in [0.2, 0.25) is 10.0 Å². The maximum atomic E-state index is 12.7. The van der Waals surface area contributed by atoms with E-state index in [4.69, 9.17) is 11.6 Å². The van der Waals surface area contributed by atoms with E-state index in [1.165, 1.54) is 24.4 Å². The zero-order chi connectivity index (χ0) is 18.6. The van der Waals surface area contributed by atoms with E-state index in [0.717, 1.165) is 25.7 Å². The highest BCUT2D eigenvalue weighted by Crippen LogP contribution is 2.22. The van der Waals surface area contributed by atoms with Crippen molar-refractivity contribution in [2.75, 3.05) is 18.4 Å². The number of carbonyl (C=O) groups is 1. The zero-order valence-corrected chi connectivity index (χ0v) is 15.8. The first-order valence-corrected chi connectivity index (χ1v) is 10.3. The second-order valence-electron chi connectivity index (χ2n) is 6.17. The van der Waals surface area contributed by atoms with Crippen molar-refractivity contribution in [3.8, 4) is 0 Å². The van der Waals surface area contributed by atoms with Crippen molar-refractivity contribution in [1.29, 1.82) is 0 Å². The second kappa shape index (κ2) is 8.16. The van der Waals surface area contributed by atoms with Gasteiger partial charge < -0.3 is 5.32 Å². The highest BCUT2D eigenvalue weighted by Gasteiger charge is 2.25. The molecule has 0 aliphatic carbocycles. The van der Waals surface area contributed by atoms with Crippen LogP contribution in [-0.4, -0.2) is 36.7 Å². The molecule has 1 aromatic carbocycles. The number of rotatable bonds is 4. The van der Waals surface area contributed by atoms with Gasteiger partial charge in [0.15, 0.2) is 0 Å². The molecule has 0 saturated carbocycles. The average Bonchev–Trinajstić information content (AvgIpc) is 2.93. The van der Waals surface area contributed by atoms with Gasteiger partial charge in [-0.3, -0.25) is 4.79 Å². The Bertz CT molecular complexity index is 860. The standard InChI is InChI=1S/C18H20ClN3O3S/c19-17-10-5-14(13-20-17)18(23)21-15-6-8-16(9-7-15)26(24,25)22-11-3-1-2-4-12-22/h5-10,13H,1-4,11-12H2,(H,21,23). The van der Waals surface area contributed by atoms with Gasteiger partial charge in [0.1, 0.15) is 5.15 Å². The van der Waals surface area contributed by atoms with Gasteiger partial charge in [-0.1, -0.05) is 24.4 Å². The number of pyridine rings is 1. The van der Waals surface area contributed by atoms with Gasteiger partial charge in [0.05, 0.1) is 10.5 Å². The Labute approximate surface area is 158 Å². The molecule has 8 heteroatoms. The Hall–Kier alpha value is -1.96. The van der Waals surface area contributed by atoms with Crippen LogP contribution >= 0.6 is 11.6 Å². The van der Waals surface area contributed by atoms with Crippen LogP contribution in [0.2, 0.25) is 5.15 Å². The molecule has 0 bridgehead atoms. The van der Waals surface area contributed by atoms with E-state index in [1.807, 2.05) is 0 Å². The summed E-state index contributed by atoms with van der Waals surface area (Å²) in [5.74, 6) is -0.336. The molecule has 0 spiro atoms. The number of halogens is 1. The summed E-state index contributed by atoms with van der Waals surface area (Å²) >= 11 is 5.71. The summed E-state index contributed by atoms with van der Waals surface area (Å²) in [6, 6.07) is 9.33. The lowest BCUT2D eigenvalue weighted by Crippen LogP contribution is -2.31. The number of nitrogens with zero attached hydrogens (tertiary/aromatic N) is 2. The van der Waals surface area contributed by atoms with E-state index < -0.39 is 10.0 Å². The number of sulfonamides is 1. The van der Waals surface area contributed by atoms with Crippen molar-refractivity contribution in [2.24, 2.45) is 0 Å². The van der Waals surface area contributed by atoms with Crippen molar-refractivity contribution in [2.45, 2.75) is 30.6 Å². The molecule has 6 nitrogen and oxygen atoms in total. The third kappa shape index (κ3) is 4.41. The number of amides is 1. The van der Waals surface area contributed by atoms with Crippen LogP contribution in [0.5, 0.6) is 0 Å². The van der Waals surface area contributed by atoms with Crippen LogP contribution < -0.4 is 5.32 Å². The summed E-state index contributed by atoms with van der Waals surface area (Å²) in [6.07, 6.45) is 5.30. The molecule has 1 amide bonds. The lowest BCUT2D eigenvalue weighted by molar-refractivity contribution is 0.102. The van der Waals surface area contributed by atoms with Gasteiger partial charge >= 0.3 is 0 Å². The summed E-state index contributed by atoms with van der Waals surface area (Å²) in [5.41, 5.74) is 0.885. The number of hydrogen-bond acceptors (Lipinski definition) is 4. The molecular weight excluding hydrogens is 374 g/mol. The fourth-order valence-electron chi connectivity index (χ4n) is 2.85. The molecule has 2 aromatic rings. The van der Waals surface area contributed by atoms with E-state index in [-0.39, 0.29) is 10.8 Å².